The topological polar surface area (TPSA) is 126 Å². The lowest BCUT2D eigenvalue weighted by molar-refractivity contribution is 0.0584. The number of methoxy groups -OCH3 is 8. The van der Waals surface area contributed by atoms with Gasteiger partial charge in [-0.15, -0.1) is 13.2 Å². The summed E-state index contributed by atoms with van der Waals surface area (Å²) in [7, 11) is 11.3. The summed E-state index contributed by atoms with van der Waals surface area (Å²) in [4.78, 5) is 28.4. The SMILES string of the molecule is C=CCc1cc2c(-c3c(OC)c(C(=O)OC)c(OC)c4c(OCc5ccccc5)c(OC)c(CC=C)cc34)c(OC)c(C(=O)OC)c(OC)c2c(OCc2ccccc2)c1OC. The number of carbonyl (C=O) groups excluding carboxylic acids is 2. The van der Waals surface area contributed by atoms with Crippen molar-refractivity contribution >= 4 is 33.5 Å². The van der Waals surface area contributed by atoms with E-state index >= 15 is 0 Å². The summed E-state index contributed by atoms with van der Waals surface area (Å²) in [6.45, 7) is 8.29. The van der Waals surface area contributed by atoms with Crippen LogP contribution in [0.2, 0.25) is 0 Å². The molecule has 0 aliphatic carbocycles. The predicted octanol–water partition coefficient (Wildman–Crippen LogP) is 9.90. The Morgan fingerprint density at radius 1 is 0.468 bits per heavy atom. The van der Waals surface area contributed by atoms with E-state index in [4.69, 9.17) is 47.4 Å². The van der Waals surface area contributed by atoms with Crippen LogP contribution in [0, 0.1) is 0 Å². The highest BCUT2D eigenvalue weighted by molar-refractivity contribution is 6.22. The summed E-state index contributed by atoms with van der Waals surface area (Å²) >= 11 is 0. The summed E-state index contributed by atoms with van der Waals surface area (Å²) in [5.74, 6) is -0.00645. The van der Waals surface area contributed by atoms with Gasteiger partial charge in [0.2, 0.25) is 0 Å². The van der Waals surface area contributed by atoms with Gasteiger partial charge in [0.15, 0.2) is 23.0 Å². The van der Waals surface area contributed by atoms with Crippen LogP contribution in [0.1, 0.15) is 43.0 Å². The standard InChI is InChI=1S/C50H50O12/c1-11-19-31-25-33-35(43(55-5)39(49(51)59-9)45(57-7)37(33)47(41(31)53-3)61-27-29-21-15-13-16-22-29)36-34-26-32(20-12-2)42(54-4)48(62-28-30-23-17-14-18-24-30)38(34)46(58-8)40(44(36)56-6)50(52)60-10/h11-18,21-26H,1-2,19-20,27-28H2,3-10H3. The van der Waals surface area contributed by atoms with Crippen LogP contribution in [-0.2, 0) is 35.5 Å². The number of hydrogen-bond donors (Lipinski definition) is 0. The zero-order chi connectivity index (χ0) is 44.5. The molecule has 0 unspecified atom stereocenters. The third-order valence-corrected chi connectivity index (χ3v) is 10.4. The molecule has 6 aromatic carbocycles. The molecule has 6 rings (SSSR count). The zero-order valence-electron chi connectivity index (χ0n) is 36.2. The van der Waals surface area contributed by atoms with E-state index in [1.165, 1.54) is 56.9 Å². The Hall–Kier alpha value is -7.34. The van der Waals surface area contributed by atoms with Crippen molar-refractivity contribution in [1.29, 1.82) is 0 Å². The van der Waals surface area contributed by atoms with Crippen LogP contribution in [0.3, 0.4) is 0 Å². The van der Waals surface area contributed by atoms with Gasteiger partial charge in [-0.2, -0.15) is 0 Å². The molecule has 62 heavy (non-hydrogen) atoms. The maximum absolute atomic E-state index is 14.2. The van der Waals surface area contributed by atoms with Crippen LogP contribution >= 0.6 is 0 Å². The van der Waals surface area contributed by atoms with Crippen molar-refractivity contribution < 1.29 is 57.0 Å². The Labute approximate surface area is 361 Å². The normalized spacial score (nSPS) is 10.8. The largest absolute Gasteiger partial charge is 0.495 e. The summed E-state index contributed by atoms with van der Waals surface area (Å²) in [5.41, 5.74) is 3.56. The first-order valence-electron chi connectivity index (χ1n) is 19.6. The van der Waals surface area contributed by atoms with Crippen molar-refractivity contribution in [3.63, 3.8) is 0 Å². The van der Waals surface area contributed by atoms with Gasteiger partial charge in [-0.25, -0.2) is 9.59 Å². The van der Waals surface area contributed by atoms with Gasteiger partial charge in [-0.3, -0.25) is 0 Å². The second-order valence-corrected chi connectivity index (χ2v) is 13.8. The van der Waals surface area contributed by atoms with Gasteiger partial charge in [0, 0.05) is 33.0 Å². The van der Waals surface area contributed by atoms with E-state index in [0.717, 1.165) is 11.1 Å². The molecule has 0 heterocycles. The molecule has 0 radical (unpaired) electrons. The smallest absolute Gasteiger partial charge is 0.345 e. The Morgan fingerprint density at radius 2 is 0.806 bits per heavy atom. The summed E-state index contributed by atoms with van der Waals surface area (Å²) in [5, 5.41) is 1.63. The molecular weight excluding hydrogens is 793 g/mol. The molecule has 0 spiro atoms. The maximum atomic E-state index is 14.2. The molecule has 12 nitrogen and oxygen atoms in total. The number of allylic oxidation sites excluding steroid dienone is 2. The number of ether oxygens (including phenoxy) is 10. The molecule has 0 aliphatic rings. The molecule has 0 aromatic heterocycles. The first-order valence-corrected chi connectivity index (χ1v) is 19.6. The van der Waals surface area contributed by atoms with E-state index in [0.29, 0.717) is 68.1 Å². The lowest BCUT2D eigenvalue weighted by atomic mass is 9.85. The zero-order valence-corrected chi connectivity index (χ0v) is 36.2. The minimum absolute atomic E-state index is 0.0401. The van der Waals surface area contributed by atoms with Crippen LogP contribution in [0.15, 0.2) is 98.1 Å². The molecule has 0 saturated carbocycles. The van der Waals surface area contributed by atoms with E-state index in [1.807, 2.05) is 72.8 Å². The molecule has 0 aliphatic heterocycles. The monoisotopic (exact) mass is 842 g/mol. The van der Waals surface area contributed by atoms with Gasteiger partial charge < -0.3 is 47.4 Å². The highest BCUT2D eigenvalue weighted by Crippen LogP contribution is 2.59. The maximum Gasteiger partial charge on any atom is 0.345 e. The number of esters is 2. The molecule has 0 amide bonds. The van der Waals surface area contributed by atoms with E-state index in [1.54, 1.807) is 12.2 Å². The molecule has 322 valence electrons. The fourth-order valence-electron chi connectivity index (χ4n) is 7.87. The van der Waals surface area contributed by atoms with E-state index < -0.39 is 11.9 Å². The third kappa shape index (κ3) is 7.99. The van der Waals surface area contributed by atoms with Crippen LogP contribution in [-0.4, -0.2) is 68.8 Å². The summed E-state index contributed by atoms with van der Waals surface area (Å²) in [6, 6.07) is 23.0. The van der Waals surface area contributed by atoms with Gasteiger partial charge in [0.25, 0.3) is 0 Å². The predicted molar refractivity (Wildman–Crippen MR) is 238 cm³/mol. The van der Waals surface area contributed by atoms with Crippen LogP contribution in [0.4, 0.5) is 0 Å². The second kappa shape index (κ2) is 19.8. The van der Waals surface area contributed by atoms with E-state index in [2.05, 4.69) is 13.2 Å². The van der Waals surface area contributed by atoms with Crippen molar-refractivity contribution in [1.82, 2.24) is 0 Å². The minimum atomic E-state index is -0.782. The van der Waals surface area contributed by atoms with E-state index in [-0.39, 0.29) is 58.8 Å². The van der Waals surface area contributed by atoms with Gasteiger partial charge in [0.05, 0.1) is 67.7 Å². The average molecular weight is 843 g/mol. The molecule has 0 fully saturated rings. The van der Waals surface area contributed by atoms with Gasteiger partial charge in [-0.1, -0.05) is 72.8 Å². The Balaban J connectivity index is 1.95. The molecule has 6 aromatic rings. The molecule has 0 atom stereocenters. The molecule has 12 heteroatoms. The number of rotatable bonds is 19. The van der Waals surface area contributed by atoms with Crippen molar-refractivity contribution in [2.75, 3.05) is 56.9 Å². The van der Waals surface area contributed by atoms with Crippen molar-refractivity contribution in [2.24, 2.45) is 0 Å². The lowest BCUT2D eigenvalue weighted by Crippen LogP contribution is -2.13. The summed E-state index contributed by atoms with van der Waals surface area (Å²) in [6.07, 6.45) is 4.17. The molecule has 0 bridgehead atoms. The Bertz CT molecular complexity index is 2450. The van der Waals surface area contributed by atoms with Gasteiger partial charge >= 0.3 is 11.9 Å². The van der Waals surface area contributed by atoms with Crippen molar-refractivity contribution in [3.05, 3.63) is 131 Å². The number of benzene rings is 6. The van der Waals surface area contributed by atoms with Crippen LogP contribution < -0.4 is 37.9 Å². The first-order chi connectivity index (χ1) is 30.2. The van der Waals surface area contributed by atoms with E-state index in [9.17, 15) is 9.59 Å². The van der Waals surface area contributed by atoms with Crippen LogP contribution in [0.5, 0.6) is 46.0 Å². The number of carbonyl (C=O) groups is 2. The second-order valence-electron chi connectivity index (χ2n) is 13.8. The van der Waals surface area contributed by atoms with Gasteiger partial charge in [-0.05, 0) is 36.1 Å². The summed E-state index contributed by atoms with van der Waals surface area (Å²) < 4.78 is 61.3. The Kier molecular flexibility index (Phi) is 14.1. The molecule has 0 N–H and O–H groups in total. The highest BCUT2D eigenvalue weighted by Gasteiger charge is 2.37. The first kappa shape index (κ1) is 44.2. The van der Waals surface area contributed by atoms with Crippen molar-refractivity contribution in [2.45, 2.75) is 26.1 Å². The van der Waals surface area contributed by atoms with Gasteiger partial charge in [0.1, 0.15) is 47.3 Å². The Morgan fingerprint density at radius 3 is 1.10 bits per heavy atom. The molecule has 0 saturated heterocycles. The van der Waals surface area contributed by atoms with Crippen molar-refractivity contribution in [3.8, 4) is 57.1 Å². The number of hydrogen-bond acceptors (Lipinski definition) is 12. The lowest BCUT2D eigenvalue weighted by Gasteiger charge is -2.27. The average Bonchev–Trinajstić information content (AvgIpc) is 3.31. The number of fused-ring (bicyclic) bond motifs is 2. The minimum Gasteiger partial charge on any atom is -0.495 e. The molecular formula is C50H50O12. The van der Waals surface area contributed by atoms with Crippen LogP contribution in [0.25, 0.3) is 32.7 Å². The third-order valence-electron chi connectivity index (χ3n) is 10.4. The fourth-order valence-corrected chi connectivity index (χ4v) is 7.87. The highest BCUT2D eigenvalue weighted by atomic mass is 16.5. The quantitative estimate of drug-likeness (QED) is 0.0569. The fraction of sp³-hybridized carbons (Fsp3) is 0.240.